The van der Waals surface area contributed by atoms with Crippen molar-refractivity contribution in [2.75, 3.05) is 24.7 Å². The van der Waals surface area contributed by atoms with E-state index in [4.69, 9.17) is 4.74 Å². The predicted molar refractivity (Wildman–Crippen MR) is 140 cm³/mol. The van der Waals surface area contributed by atoms with Gasteiger partial charge in [-0.1, -0.05) is 18.2 Å². The highest BCUT2D eigenvalue weighted by atomic mass is 32.2. The second-order valence-corrected chi connectivity index (χ2v) is 11.0. The molecule has 2 fully saturated rings. The van der Waals surface area contributed by atoms with Crippen LogP contribution in [0.25, 0.3) is 11.0 Å². The maximum atomic E-state index is 11.7. The van der Waals surface area contributed by atoms with E-state index in [1.165, 1.54) is 18.4 Å². The monoisotopic (exact) mass is 505 g/mol. The lowest BCUT2D eigenvalue weighted by Gasteiger charge is -2.40. The van der Waals surface area contributed by atoms with Crippen molar-refractivity contribution in [1.82, 2.24) is 20.2 Å². The number of thioether (sulfide) groups is 1. The molecule has 3 aliphatic heterocycles. The molecule has 36 heavy (non-hydrogen) atoms. The zero-order chi connectivity index (χ0) is 24.6. The first-order valence-corrected chi connectivity index (χ1v) is 13.6. The van der Waals surface area contributed by atoms with Crippen LogP contribution in [-0.4, -0.2) is 63.4 Å². The van der Waals surface area contributed by atoms with E-state index in [2.05, 4.69) is 43.7 Å². The molecule has 4 heterocycles. The molecule has 0 radical (unpaired) electrons. The average molecular weight is 506 g/mol. The Kier molecular flexibility index (Phi) is 6.55. The normalized spacial score (nSPS) is 24.4. The van der Waals surface area contributed by atoms with Gasteiger partial charge in [-0.05, 0) is 49.4 Å². The Balaban J connectivity index is 1.09. The summed E-state index contributed by atoms with van der Waals surface area (Å²) in [5, 5.41) is 18.0. The Morgan fingerprint density at radius 1 is 1.25 bits per heavy atom. The lowest BCUT2D eigenvalue weighted by atomic mass is 9.95. The van der Waals surface area contributed by atoms with Crippen LogP contribution in [-0.2, 0) is 11.3 Å². The Hall–Kier alpha value is -2.72. The van der Waals surface area contributed by atoms with Crippen LogP contribution in [0.1, 0.15) is 42.9 Å². The molecule has 188 valence electrons. The van der Waals surface area contributed by atoms with Crippen LogP contribution in [0.4, 0.5) is 5.69 Å². The van der Waals surface area contributed by atoms with Gasteiger partial charge < -0.3 is 20.5 Å². The van der Waals surface area contributed by atoms with Crippen LogP contribution in [0.5, 0.6) is 5.88 Å². The van der Waals surface area contributed by atoms with Gasteiger partial charge in [0.25, 0.3) is 0 Å². The summed E-state index contributed by atoms with van der Waals surface area (Å²) in [6, 6.07) is 13.5. The minimum Gasteiger partial charge on any atom is -0.480 e. The summed E-state index contributed by atoms with van der Waals surface area (Å²) >= 11 is 1.59. The van der Waals surface area contributed by atoms with Crippen LogP contribution in [0.15, 0.2) is 47.5 Å². The number of amides is 1. The number of hydrogen-bond donors (Lipinski definition) is 3. The number of hydrogen-bond acceptors (Lipinski definition) is 8. The number of aliphatic hydroxyl groups excluding tert-OH is 1. The minimum atomic E-state index is -0.633. The van der Waals surface area contributed by atoms with Crippen molar-refractivity contribution < 1.29 is 14.6 Å². The summed E-state index contributed by atoms with van der Waals surface area (Å²) in [4.78, 5) is 24.4. The van der Waals surface area contributed by atoms with Gasteiger partial charge >= 0.3 is 0 Å². The van der Waals surface area contributed by atoms with Crippen molar-refractivity contribution in [3.05, 3.63) is 53.7 Å². The van der Waals surface area contributed by atoms with Crippen LogP contribution in [0.3, 0.4) is 0 Å². The van der Waals surface area contributed by atoms with Gasteiger partial charge in [0.05, 0.1) is 41.9 Å². The highest BCUT2D eigenvalue weighted by Crippen LogP contribution is 2.38. The summed E-state index contributed by atoms with van der Waals surface area (Å²) in [5.41, 5.74) is 4.38. The molecular weight excluding hydrogens is 474 g/mol. The number of aromatic nitrogens is 2. The highest BCUT2D eigenvalue weighted by molar-refractivity contribution is 8.00. The quantitative estimate of drug-likeness (QED) is 0.449. The second kappa shape index (κ2) is 9.97. The van der Waals surface area contributed by atoms with Gasteiger partial charge in [-0.25, -0.2) is 9.97 Å². The second-order valence-electron chi connectivity index (χ2n) is 9.94. The SMILES string of the molecule is COc1cnc2cccc(C(O)CN3C4CCC3CC(NCc3ccc5c(c3)NC(=O)CS5)C4)c2n1. The van der Waals surface area contributed by atoms with Crippen LogP contribution < -0.4 is 15.4 Å². The number of para-hydroxylation sites is 1. The van der Waals surface area contributed by atoms with Crippen molar-refractivity contribution in [2.24, 2.45) is 0 Å². The van der Waals surface area contributed by atoms with Crippen molar-refractivity contribution >= 4 is 34.4 Å². The molecule has 3 N–H and O–H groups in total. The molecule has 1 aromatic heterocycles. The van der Waals surface area contributed by atoms with Gasteiger partial charge in [0.15, 0.2) is 0 Å². The van der Waals surface area contributed by atoms with Crippen LogP contribution in [0.2, 0.25) is 0 Å². The molecule has 2 saturated heterocycles. The van der Waals surface area contributed by atoms with Gasteiger partial charge in [-0.2, -0.15) is 0 Å². The molecule has 2 bridgehead atoms. The third kappa shape index (κ3) is 4.68. The molecule has 3 unspecified atom stereocenters. The van der Waals surface area contributed by atoms with Gasteiger partial charge in [-0.15, -0.1) is 11.8 Å². The Morgan fingerprint density at radius 2 is 2.08 bits per heavy atom. The van der Waals surface area contributed by atoms with Crippen LogP contribution in [0, 0.1) is 0 Å². The fourth-order valence-corrected chi connectivity index (χ4v) is 6.73. The number of piperidine rings is 1. The van der Waals surface area contributed by atoms with Gasteiger partial charge in [0.1, 0.15) is 0 Å². The van der Waals surface area contributed by atoms with Crippen molar-refractivity contribution in [3.8, 4) is 5.88 Å². The van der Waals surface area contributed by atoms with Crippen molar-refractivity contribution in [1.29, 1.82) is 0 Å². The number of carbonyl (C=O) groups is 1. The standard InChI is InChI=1S/C27H31N5O3S/c1-35-26-13-29-21-4-2-3-20(27(21)31-26)23(33)14-32-18-6-7-19(32)11-17(10-18)28-12-16-5-8-24-22(9-16)30-25(34)15-36-24/h2-5,8-9,13,17-19,23,28,33H,6-7,10-12,14-15H2,1H3,(H,30,34). The third-order valence-electron chi connectivity index (χ3n) is 7.69. The molecule has 8 nitrogen and oxygen atoms in total. The molecule has 3 aromatic rings. The Bertz CT molecular complexity index is 1270. The van der Waals surface area contributed by atoms with E-state index in [9.17, 15) is 9.90 Å². The number of nitrogens with zero attached hydrogens (tertiary/aromatic N) is 3. The smallest absolute Gasteiger partial charge is 0.234 e. The van der Waals surface area contributed by atoms with E-state index in [1.54, 1.807) is 25.1 Å². The third-order valence-corrected chi connectivity index (χ3v) is 8.76. The van der Waals surface area contributed by atoms with Crippen molar-refractivity contribution in [2.45, 2.75) is 61.4 Å². The zero-order valence-electron chi connectivity index (χ0n) is 20.3. The summed E-state index contributed by atoms with van der Waals surface area (Å²) < 4.78 is 5.26. The van der Waals surface area contributed by atoms with E-state index in [0.717, 1.165) is 41.0 Å². The van der Waals surface area contributed by atoms with Gasteiger partial charge in [-0.3, -0.25) is 9.69 Å². The fraction of sp³-hybridized carbons (Fsp3) is 0.444. The van der Waals surface area contributed by atoms with E-state index in [0.29, 0.717) is 41.8 Å². The molecule has 0 saturated carbocycles. The Labute approximate surface area is 214 Å². The molecule has 3 aliphatic rings. The molecule has 6 rings (SSSR count). The number of benzene rings is 2. The van der Waals surface area contributed by atoms with E-state index in [-0.39, 0.29) is 5.91 Å². The first-order valence-electron chi connectivity index (χ1n) is 12.6. The number of nitrogens with one attached hydrogen (secondary N) is 2. The molecule has 0 aliphatic carbocycles. The average Bonchev–Trinajstić information content (AvgIpc) is 3.12. The molecule has 9 heteroatoms. The van der Waals surface area contributed by atoms with Gasteiger partial charge in [0, 0.05) is 41.7 Å². The summed E-state index contributed by atoms with van der Waals surface area (Å²) in [6.07, 6.45) is 5.46. The molecule has 3 atom stereocenters. The lowest BCUT2D eigenvalue weighted by Crippen LogP contribution is -2.50. The molecular formula is C27H31N5O3S. The number of rotatable bonds is 7. The number of anilines is 1. The number of methoxy groups -OCH3 is 1. The number of fused-ring (bicyclic) bond motifs is 4. The number of aliphatic hydroxyl groups is 1. The number of carbonyl (C=O) groups excluding carboxylic acids is 1. The lowest BCUT2D eigenvalue weighted by molar-refractivity contribution is -0.113. The molecule has 0 spiro atoms. The minimum absolute atomic E-state index is 0.0680. The first-order chi connectivity index (χ1) is 17.6. The topological polar surface area (TPSA) is 99.6 Å². The largest absolute Gasteiger partial charge is 0.480 e. The predicted octanol–water partition coefficient (Wildman–Crippen LogP) is 3.50. The van der Waals surface area contributed by atoms with E-state index in [1.807, 2.05) is 18.2 Å². The highest BCUT2D eigenvalue weighted by Gasteiger charge is 2.41. The van der Waals surface area contributed by atoms with Crippen molar-refractivity contribution in [3.63, 3.8) is 0 Å². The first kappa shape index (κ1) is 23.7. The zero-order valence-corrected chi connectivity index (χ0v) is 21.1. The summed E-state index contributed by atoms with van der Waals surface area (Å²) in [7, 11) is 1.58. The molecule has 2 aromatic carbocycles. The Morgan fingerprint density at radius 3 is 2.89 bits per heavy atom. The van der Waals surface area contributed by atoms with E-state index >= 15 is 0 Å². The van der Waals surface area contributed by atoms with Crippen LogP contribution >= 0.6 is 11.8 Å². The number of ether oxygens (including phenoxy) is 1. The summed E-state index contributed by atoms with van der Waals surface area (Å²) in [5.74, 6) is 1.01. The fourth-order valence-electron chi connectivity index (χ4n) is 5.95. The van der Waals surface area contributed by atoms with Gasteiger partial charge in [0.2, 0.25) is 11.8 Å². The molecule has 1 amide bonds. The maximum Gasteiger partial charge on any atom is 0.234 e. The maximum absolute atomic E-state index is 11.7. The summed E-state index contributed by atoms with van der Waals surface area (Å²) in [6.45, 7) is 1.39. The van der Waals surface area contributed by atoms with E-state index < -0.39 is 6.10 Å².